The molecule has 2 N–H and O–H groups in total. The number of hydrogen-bond donors (Lipinski definition) is 2. The zero-order valence-electron chi connectivity index (χ0n) is 17.5. The molecule has 3 rings (SSSR count). The van der Waals surface area contributed by atoms with Crippen LogP contribution in [0.2, 0.25) is 0 Å². The molecule has 10 heteroatoms. The van der Waals surface area contributed by atoms with E-state index in [1.54, 1.807) is 7.05 Å². The maximum absolute atomic E-state index is 11.2. The first-order valence-corrected chi connectivity index (χ1v) is 10.0. The number of rotatable bonds is 10. The van der Waals surface area contributed by atoms with Gasteiger partial charge in [0.15, 0.2) is 12.3 Å². The van der Waals surface area contributed by atoms with Gasteiger partial charge < -0.3 is 9.94 Å². The Bertz CT molecular complexity index is 1030. The lowest BCUT2D eigenvalue weighted by Gasteiger charge is -2.10. The summed E-state index contributed by atoms with van der Waals surface area (Å²) in [5, 5.41) is 27.3. The first-order valence-electron chi connectivity index (χ1n) is 10.0. The van der Waals surface area contributed by atoms with Gasteiger partial charge in [-0.15, -0.1) is 5.10 Å². The summed E-state index contributed by atoms with van der Waals surface area (Å²) in [7, 11) is 1.72. The SMILES string of the molecule is CCCCCc1ccc(CON=C(c2ccccc2)c2nnnn2C)nc1NC(=O)O. The summed E-state index contributed by atoms with van der Waals surface area (Å²) in [4.78, 5) is 21.1. The molecule has 0 atom stereocenters. The molecule has 0 aliphatic carbocycles. The largest absolute Gasteiger partial charge is 0.465 e. The van der Waals surface area contributed by atoms with Gasteiger partial charge in [0.25, 0.3) is 0 Å². The lowest BCUT2D eigenvalue weighted by atomic mass is 10.1. The second kappa shape index (κ2) is 10.8. The lowest BCUT2D eigenvalue weighted by Crippen LogP contribution is -2.13. The molecule has 0 aliphatic rings. The predicted molar refractivity (Wildman–Crippen MR) is 115 cm³/mol. The number of carboxylic acid groups (broad SMARTS) is 1. The van der Waals surface area contributed by atoms with Crippen LogP contribution in [0.25, 0.3) is 0 Å². The topological polar surface area (TPSA) is 127 Å². The Labute approximate surface area is 180 Å². The van der Waals surface area contributed by atoms with Crippen LogP contribution in [-0.4, -0.2) is 42.1 Å². The zero-order chi connectivity index (χ0) is 22.1. The number of tetrazole rings is 1. The summed E-state index contributed by atoms with van der Waals surface area (Å²) in [6, 6.07) is 13.1. The van der Waals surface area contributed by atoms with E-state index in [2.05, 4.69) is 37.9 Å². The number of amides is 1. The third kappa shape index (κ3) is 6.08. The Morgan fingerprint density at radius 2 is 2.00 bits per heavy atom. The monoisotopic (exact) mass is 423 g/mol. The number of hydrogen-bond acceptors (Lipinski definition) is 7. The minimum absolute atomic E-state index is 0.0607. The van der Waals surface area contributed by atoms with Gasteiger partial charge in [-0.05, 0) is 34.9 Å². The van der Waals surface area contributed by atoms with E-state index in [1.807, 2.05) is 42.5 Å². The second-order valence-corrected chi connectivity index (χ2v) is 6.90. The van der Waals surface area contributed by atoms with Crippen LogP contribution in [0, 0.1) is 0 Å². The zero-order valence-corrected chi connectivity index (χ0v) is 17.5. The molecule has 0 spiro atoms. The summed E-state index contributed by atoms with van der Waals surface area (Å²) in [5.41, 5.74) is 2.69. The highest BCUT2D eigenvalue weighted by atomic mass is 16.6. The van der Waals surface area contributed by atoms with Gasteiger partial charge in [0.2, 0.25) is 5.82 Å². The van der Waals surface area contributed by atoms with Gasteiger partial charge in [0, 0.05) is 12.6 Å². The molecule has 1 amide bonds. The molecule has 0 aliphatic heterocycles. The van der Waals surface area contributed by atoms with E-state index < -0.39 is 6.09 Å². The predicted octanol–water partition coefficient (Wildman–Crippen LogP) is 3.40. The average molecular weight is 423 g/mol. The summed E-state index contributed by atoms with van der Waals surface area (Å²) in [6.45, 7) is 2.18. The summed E-state index contributed by atoms with van der Waals surface area (Å²) in [5.74, 6) is 0.785. The average Bonchev–Trinajstić information content (AvgIpc) is 3.18. The summed E-state index contributed by atoms with van der Waals surface area (Å²) in [6.07, 6.45) is 2.74. The number of nitrogens with zero attached hydrogens (tertiary/aromatic N) is 6. The highest BCUT2D eigenvalue weighted by Gasteiger charge is 2.15. The van der Waals surface area contributed by atoms with Gasteiger partial charge in [-0.3, -0.25) is 5.32 Å². The van der Waals surface area contributed by atoms with E-state index in [0.717, 1.165) is 36.8 Å². The number of anilines is 1. The second-order valence-electron chi connectivity index (χ2n) is 6.90. The Balaban J connectivity index is 1.78. The molecule has 31 heavy (non-hydrogen) atoms. The lowest BCUT2D eigenvalue weighted by molar-refractivity contribution is 0.128. The smallest absolute Gasteiger partial charge is 0.410 e. The van der Waals surface area contributed by atoms with E-state index in [-0.39, 0.29) is 6.61 Å². The summed E-state index contributed by atoms with van der Waals surface area (Å²) >= 11 is 0. The Kier molecular flexibility index (Phi) is 7.63. The van der Waals surface area contributed by atoms with Crippen molar-refractivity contribution in [3.8, 4) is 0 Å². The van der Waals surface area contributed by atoms with Crippen LogP contribution in [0.1, 0.15) is 48.8 Å². The molecule has 0 bridgehead atoms. The quantitative estimate of drug-likeness (QED) is 0.291. The van der Waals surface area contributed by atoms with Crippen molar-refractivity contribution in [1.29, 1.82) is 0 Å². The van der Waals surface area contributed by atoms with Crippen LogP contribution >= 0.6 is 0 Å². The van der Waals surface area contributed by atoms with Crippen molar-refractivity contribution in [3.05, 3.63) is 65.1 Å². The number of pyridine rings is 1. The van der Waals surface area contributed by atoms with Crippen LogP contribution < -0.4 is 5.32 Å². The minimum Gasteiger partial charge on any atom is -0.465 e. The van der Waals surface area contributed by atoms with Gasteiger partial charge in [-0.25, -0.2) is 14.5 Å². The minimum atomic E-state index is -1.15. The van der Waals surface area contributed by atoms with Crippen LogP contribution in [0.3, 0.4) is 0 Å². The number of carbonyl (C=O) groups is 1. The third-order valence-electron chi connectivity index (χ3n) is 4.56. The number of oxime groups is 1. The molecule has 1 aromatic carbocycles. The van der Waals surface area contributed by atoms with Gasteiger partial charge >= 0.3 is 6.09 Å². The van der Waals surface area contributed by atoms with Crippen molar-refractivity contribution in [1.82, 2.24) is 25.2 Å². The van der Waals surface area contributed by atoms with Crippen LogP contribution in [0.5, 0.6) is 0 Å². The fourth-order valence-corrected chi connectivity index (χ4v) is 3.00. The molecule has 0 saturated carbocycles. The highest BCUT2D eigenvalue weighted by molar-refractivity contribution is 6.10. The molecule has 2 heterocycles. The first kappa shape index (κ1) is 21.9. The molecule has 10 nitrogen and oxygen atoms in total. The Hall–Kier alpha value is -3.82. The molecular formula is C21H25N7O3. The fraction of sp³-hybridized carbons (Fsp3) is 0.333. The third-order valence-corrected chi connectivity index (χ3v) is 4.56. The normalized spacial score (nSPS) is 11.4. The molecule has 2 aromatic heterocycles. The molecule has 0 fully saturated rings. The molecule has 0 saturated heterocycles. The van der Waals surface area contributed by atoms with Crippen molar-refractivity contribution in [3.63, 3.8) is 0 Å². The Morgan fingerprint density at radius 1 is 1.19 bits per heavy atom. The Morgan fingerprint density at radius 3 is 2.68 bits per heavy atom. The van der Waals surface area contributed by atoms with Crippen molar-refractivity contribution in [2.45, 2.75) is 39.2 Å². The molecule has 162 valence electrons. The number of aromatic nitrogens is 5. The van der Waals surface area contributed by atoms with Crippen LogP contribution in [0.4, 0.5) is 10.6 Å². The number of unbranched alkanes of at least 4 members (excludes halogenated alkanes) is 2. The van der Waals surface area contributed by atoms with Crippen molar-refractivity contribution in [2.75, 3.05) is 5.32 Å². The number of aryl methyl sites for hydroxylation is 2. The van der Waals surface area contributed by atoms with Gasteiger partial charge in [-0.2, -0.15) is 0 Å². The van der Waals surface area contributed by atoms with Gasteiger partial charge in [0.1, 0.15) is 5.82 Å². The standard InChI is InChI=1S/C21H25N7O3/c1-3-4-6-11-16-12-13-17(22-19(16)23-21(29)30)14-31-25-18(15-9-7-5-8-10-15)20-24-26-27-28(20)2/h5,7-10,12-13H,3-4,6,11,14H2,1-2H3,(H,22,23)(H,29,30). The van der Waals surface area contributed by atoms with Crippen molar-refractivity contribution >= 4 is 17.6 Å². The van der Waals surface area contributed by atoms with E-state index in [4.69, 9.17) is 9.94 Å². The van der Waals surface area contributed by atoms with Crippen LogP contribution in [-0.2, 0) is 24.9 Å². The highest BCUT2D eigenvalue weighted by Crippen LogP contribution is 2.18. The maximum atomic E-state index is 11.2. The van der Waals surface area contributed by atoms with Crippen LogP contribution in [0.15, 0.2) is 47.6 Å². The molecule has 0 unspecified atom stereocenters. The molecule has 0 radical (unpaired) electrons. The molecule has 3 aromatic rings. The van der Waals surface area contributed by atoms with E-state index >= 15 is 0 Å². The van der Waals surface area contributed by atoms with E-state index in [0.29, 0.717) is 23.0 Å². The van der Waals surface area contributed by atoms with E-state index in [9.17, 15) is 4.79 Å². The van der Waals surface area contributed by atoms with Gasteiger partial charge in [-0.1, -0.05) is 61.3 Å². The van der Waals surface area contributed by atoms with Gasteiger partial charge in [0.05, 0.1) is 5.69 Å². The summed E-state index contributed by atoms with van der Waals surface area (Å²) < 4.78 is 1.51. The maximum Gasteiger partial charge on any atom is 0.410 e. The fourth-order valence-electron chi connectivity index (χ4n) is 3.00. The van der Waals surface area contributed by atoms with Crippen molar-refractivity contribution in [2.24, 2.45) is 12.2 Å². The molecular weight excluding hydrogens is 398 g/mol. The van der Waals surface area contributed by atoms with Crippen molar-refractivity contribution < 1.29 is 14.7 Å². The number of benzene rings is 1. The van der Waals surface area contributed by atoms with E-state index in [1.165, 1.54) is 4.68 Å². The first-order chi connectivity index (χ1) is 15.1. The number of nitrogens with one attached hydrogen (secondary N) is 1.